The van der Waals surface area contributed by atoms with Gasteiger partial charge < -0.3 is 20.5 Å². The quantitative estimate of drug-likeness (QED) is 0.263. The molecule has 0 fully saturated rings. The van der Waals surface area contributed by atoms with Crippen LogP contribution in [0.15, 0.2) is 84.0 Å². The lowest BCUT2D eigenvalue weighted by atomic mass is 10.2. The Kier molecular flexibility index (Phi) is 8.13. The van der Waals surface area contributed by atoms with E-state index in [4.69, 9.17) is 15.2 Å². The Morgan fingerprint density at radius 1 is 0.818 bits per heavy atom. The van der Waals surface area contributed by atoms with E-state index >= 15 is 0 Å². The van der Waals surface area contributed by atoms with E-state index < -0.39 is 17.7 Å². The van der Waals surface area contributed by atoms with E-state index in [0.29, 0.717) is 29.4 Å². The highest BCUT2D eigenvalue weighted by atomic mass is 16.5. The topological polar surface area (TPSA) is 132 Å². The highest BCUT2D eigenvalue weighted by molar-refractivity contribution is 6.39. The fourth-order valence-electron chi connectivity index (χ4n) is 2.58. The Bertz CT molecular complexity index is 1110. The summed E-state index contributed by atoms with van der Waals surface area (Å²) in [7, 11) is 0. The summed E-state index contributed by atoms with van der Waals surface area (Å²) in [6.45, 7) is 0.206. The van der Waals surface area contributed by atoms with Gasteiger partial charge in [-0.15, -0.1) is 0 Å². The van der Waals surface area contributed by atoms with Gasteiger partial charge in [0.25, 0.3) is 5.91 Å². The first-order chi connectivity index (χ1) is 16.0. The third-order valence-corrected chi connectivity index (χ3v) is 4.21. The minimum atomic E-state index is -0.919. The van der Waals surface area contributed by atoms with E-state index in [2.05, 4.69) is 15.8 Å². The number of benzene rings is 3. The van der Waals surface area contributed by atoms with Gasteiger partial charge in [-0.2, -0.15) is 5.10 Å². The lowest BCUT2D eigenvalue weighted by molar-refractivity contribution is -0.136. The van der Waals surface area contributed by atoms with Gasteiger partial charge in [-0.1, -0.05) is 30.3 Å². The zero-order chi connectivity index (χ0) is 23.5. The summed E-state index contributed by atoms with van der Waals surface area (Å²) in [6.07, 6.45) is 1.36. The molecule has 0 spiro atoms. The lowest BCUT2D eigenvalue weighted by Crippen LogP contribution is -2.32. The number of rotatable bonds is 9. The van der Waals surface area contributed by atoms with E-state index in [1.54, 1.807) is 48.5 Å². The molecule has 0 unspecified atom stereocenters. The molecule has 4 N–H and O–H groups in total. The van der Waals surface area contributed by atoms with Gasteiger partial charge in [0, 0.05) is 5.69 Å². The van der Waals surface area contributed by atoms with Crippen LogP contribution in [0.3, 0.4) is 0 Å². The molecule has 0 saturated heterocycles. The van der Waals surface area contributed by atoms with Gasteiger partial charge in [-0.3, -0.25) is 14.4 Å². The van der Waals surface area contributed by atoms with Crippen LogP contribution in [-0.2, 0) is 21.0 Å². The van der Waals surface area contributed by atoms with Gasteiger partial charge in [-0.05, 0) is 59.7 Å². The summed E-state index contributed by atoms with van der Waals surface area (Å²) in [6, 6.07) is 23.0. The number of hydrogen-bond donors (Lipinski definition) is 3. The molecule has 9 heteroatoms. The van der Waals surface area contributed by atoms with E-state index in [9.17, 15) is 14.4 Å². The standard InChI is InChI=1S/C24H22N4O5/c25-22(29)16-33-20-10-6-17(7-11-20)14-26-28-24(31)23(30)27-19-8-12-21(13-9-19)32-15-18-4-2-1-3-5-18/h1-14H,15-16H2,(H2,25,29)(H,27,30)(H,28,31)/b26-14-. The van der Waals surface area contributed by atoms with E-state index in [1.807, 2.05) is 30.3 Å². The Morgan fingerprint density at radius 3 is 2.12 bits per heavy atom. The van der Waals surface area contributed by atoms with Crippen LogP contribution < -0.4 is 25.9 Å². The fourth-order valence-corrected chi connectivity index (χ4v) is 2.58. The second kappa shape index (κ2) is 11.7. The largest absolute Gasteiger partial charge is 0.489 e. The summed E-state index contributed by atoms with van der Waals surface area (Å²) in [4.78, 5) is 34.7. The number of primary amides is 1. The molecular weight excluding hydrogens is 424 g/mol. The summed E-state index contributed by atoms with van der Waals surface area (Å²) in [5, 5.41) is 6.24. The zero-order valence-corrected chi connectivity index (χ0v) is 17.6. The van der Waals surface area contributed by atoms with Gasteiger partial charge in [0.05, 0.1) is 6.21 Å². The number of amides is 3. The Labute approximate surface area is 190 Å². The van der Waals surface area contributed by atoms with Gasteiger partial charge in [-0.25, -0.2) is 5.43 Å². The number of ether oxygens (including phenoxy) is 2. The summed E-state index contributed by atoms with van der Waals surface area (Å²) < 4.78 is 10.8. The van der Waals surface area contributed by atoms with Gasteiger partial charge in [0.15, 0.2) is 6.61 Å². The highest BCUT2D eigenvalue weighted by Gasteiger charge is 2.12. The number of carbonyl (C=O) groups is 3. The summed E-state index contributed by atoms with van der Waals surface area (Å²) >= 11 is 0. The molecule has 0 saturated carbocycles. The molecule has 0 aromatic heterocycles. The second-order valence-electron chi connectivity index (χ2n) is 6.78. The van der Waals surface area contributed by atoms with Crippen molar-refractivity contribution in [2.75, 3.05) is 11.9 Å². The van der Waals surface area contributed by atoms with Crippen LogP contribution in [0.4, 0.5) is 5.69 Å². The molecule has 0 aliphatic carbocycles. The number of nitrogens with one attached hydrogen (secondary N) is 2. The minimum absolute atomic E-state index is 0.220. The summed E-state index contributed by atoms with van der Waals surface area (Å²) in [5.41, 5.74) is 9.30. The molecule has 0 radical (unpaired) electrons. The normalized spacial score (nSPS) is 10.4. The molecule has 3 aromatic rings. The highest BCUT2D eigenvalue weighted by Crippen LogP contribution is 2.17. The molecule has 0 heterocycles. The fraction of sp³-hybridized carbons (Fsp3) is 0.0833. The number of nitrogens with zero attached hydrogens (tertiary/aromatic N) is 1. The van der Waals surface area contributed by atoms with Gasteiger partial charge >= 0.3 is 11.8 Å². The van der Waals surface area contributed by atoms with Crippen LogP contribution in [0.1, 0.15) is 11.1 Å². The van der Waals surface area contributed by atoms with E-state index in [-0.39, 0.29) is 6.61 Å². The van der Waals surface area contributed by atoms with Crippen molar-refractivity contribution >= 4 is 29.6 Å². The number of nitrogens with two attached hydrogens (primary N) is 1. The maximum absolute atomic E-state index is 12.0. The van der Waals surface area contributed by atoms with E-state index in [1.165, 1.54) is 6.21 Å². The van der Waals surface area contributed by atoms with Crippen molar-refractivity contribution in [3.05, 3.63) is 90.0 Å². The van der Waals surface area contributed by atoms with Crippen LogP contribution in [0.25, 0.3) is 0 Å². The van der Waals surface area contributed by atoms with Crippen LogP contribution >= 0.6 is 0 Å². The van der Waals surface area contributed by atoms with Crippen molar-refractivity contribution in [3.8, 4) is 11.5 Å². The molecule has 0 aliphatic heterocycles. The molecule has 3 amide bonds. The predicted octanol–water partition coefficient (Wildman–Crippen LogP) is 2.22. The molecule has 0 bridgehead atoms. The maximum atomic E-state index is 12.0. The van der Waals surface area contributed by atoms with Crippen molar-refractivity contribution in [1.82, 2.24) is 5.43 Å². The average Bonchev–Trinajstić information content (AvgIpc) is 2.83. The number of carbonyl (C=O) groups excluding carboxylic acids is 3. The van der Waals surface area contributed by atoms with E-state index in [0.717, 1.165) is 5.56 Å². The van der Waals surface area contributed by atoms with Crippen molar-refractivity contribution in [3.63, 3.8) is 0 Å². The molecule has 9 nitrogen and oxygen atoms in total. The van der Waals surface area contributed by atoms with Crippen molar-refractivity contribution < 1.29 is 23.9 Å². The second-order valence-corrected chi connectivity index (χ2v) is 6.78. The van der Waals surface area contributed by atoms with Gasteiger partial charge in [0.2, 0.25) is 0 Å². The smallest absolute Gasteiger partial charge is 0.329 e. The number of anilines is 1. The van der Waals surface area contributed by atoms with Crippen molar-refractivity contribution in [1.29, 1.82) is 0 Å². The average molecular weight is 446 g/mol. The van der Waals surface area contributed by atoms with Crippen LogP contribution in [-0.4, -0.2) is 30.5 Å². The Morgan fingerprint density at radius 2 is 1.45 bits per heavy atom. The zero-order valence-electron chi connectivity index (χ0n) is 17.6. The molecule has 168 valence electrons. The van der Waals surface area contributed by atoms with Crippen molar-refractivity contribution in [2.24, 2.45) is 10.8 Å². The van der Waals surface area contributed by atoms with Gasteiger partial charge in [0.1, 0.15) is 18.1 Å². The summed E-state index contributed by atoms with van der Waals surface area (Å²) in [5.74, 6) is -1.26. The molecule has 0 atom stereocenters. The molecule has 33 heavy (non-hydrogen) atoms. The number of hydrogen-bond acceptors (Lipinski definition) is 6. The molecule has 0 aliphatic rings. The van der Waals surface area contributed by atoms with Crippen LogP contribution in [0.5, 0.6) is 11.5 Å². The first-order valence-electron chi connectivity index (χ1n) is 9.92. The molecular formula is C24H22N4O5. The predicted molar refractivity (Wildman–Crippen MR) is 123 cm³/mol. The molecule has 3 aromatic carbocycles. The third kappa shape index (κ3) is 7.83. The maximum Gasteiger partial charge on any atom is 0.329 e. The number of hydrazone groups is 1. The minimum Gasteiger partial charge on any atom is -0.489 e. The lowest BCUT2D eigenvalue weighted by Gasteiger charge is -2.08. The first kappa shape index (κ1) is 23.0. The monoisotopic (exact) mass is 446 g/mol. The Hall–Kier alpha value is -4.66. The van der Waals surface area contributed by atoms with Crippen LogP contribution in [0, 0.1) is 0 Å². The molecule has 3 rings (SSSR count). The third-order valence-electron chi connectivity index (χ3n) is 4.21. The SMILES string of the molecule is NC(=O)COc1ccc(/C=N\NC(=O)C(=O)Nc2ccc(OCc3ccccc3)cc2)cc1. The Balaban J connectivity index is 1.43. The van der Waals surface area contributed by atoms with Crippen LogP contribution in [0.2, 0.25) is 0 Å². The first-order valence-corrected chi connectivity index (χ1v) is 9.92. The van der Waals surface area contributed by atoms with Crippen molar-refractivity contribution in [2.45, 2.75) is 6.61 Å².